The number of alkyl halides is 1. The largest absolute Gasteiger partial charge is 0.488 e. The lowest BCUT2D eigenvalue weighted by Crippen LogP contribution is -2.03. The maximum Gasteiger partial charge on any atom is 0.259 e. The Hall–Kier alpha value is -0.640. The predicted molar refractivity (Wildman–Crippen MR) is 37.8 cm³/mol. The second-order valence-electron chi connectivity index (χ2n) is 1.84. The average molecular weight is 205 g/mol. The Balaban J connectivity index is 2.66. The van der Waals surface area contributed by atoms with E-state index in [1.165, 1.54) is 0 Å². The number of carbonyl (C=O) groups is 2. The molecule has 1 unspecified atom stereocenters. The molecule has 54 valence electrons. The molecule has 0 aliphatic carbocycles. The zero-order valence-corrected chi connectivity index (χ0v) is 6.63. The Morgan fingerprint density at radius 2 is 2.60 bits per heavy atom. The number of hydrogen-bond donors (Lipinski definition) is 0. The van der Waals surface area contributed by atoms with Gasteiger partial charge in [-0.3, -0.25) is 9.59 Å². The lowest BCUT2D eigenvalue weighted by atomic mass is 10.3. The van der Waals surface area contributed by atoms with Gasteiger partial charge in [-0.2, -0.15) is 0 Å². The van der Waals surface area contributed by atoms with Crippen molar-refractivity contribution in [1.82, 2.24) is 0 Å². The fourth-order valence-electron chi connectivity index (χ4n) is 0.641. The van der Waals surface area contributed by atoms with Crippen LogP contribution in [-0.2, 0) is 14.3 Å². The zero-order valence-electron chi connectivity index (χ0n) is 5.04. The SMILES string of the molecule is O=CC(=O)C1=CC(Br)CO1. The van der Waals surface area contributed by atoms with Crippen LogP contribution in [0.4, 0.5) is 0 Å². The van der Waals surface area contributed by atoms with Gasteiger partial charge in [-0.1, -0.05) is 15.9 Å². The maximum absolute atomic E-state index is 10.6. The molecule has 1 rings (SSSR count). The first-order valence-corrected chi connectivity index (χ1v) is 3.64. The van der Waals surface area contributed by atoms with Crippen molar-refractivity contribution in [1.29, 1.82) is 0 Å². The molecule has 0 bridgehead atoms. The first-order chi connectivity index (χ1) is 4.74. The van der Waals surface area contributed by atoms with Crippen LogP contribution in [0.5, 0.6) is 0 Å². The molecule has 0 saturated heterocycles. The minimum atomic E-state index is -0.595. The lowest BCUT2D eigenvalue weighted by molar-refractivity contribution is -0.129. The molecule has 0 fully saturated rings. The number of halogens is 1. The molecule has 3 nitrogen and oxygen atoms in total. The van der Waals surface area contributed by atoms with Crippen LogP contribution in [0.3, 0.4) is 0 Å². The number of Topliss-reactive ketones (excluding diaryl/α,β-unsaturated/α-hetero) is 1. The number of rotatable bonds is 2. The van der Waals surface area contributed by atoms with Gasteiger partial charge in [0.15, 0.2) is 12.0 Å². The molecule has 0 aromatic rings. The van der Waals surface area contributed by atoms with Crippen molar-refractivity contribution in [2.75, 3.05) is 6.61 Å². The van der Waals surface area contributed by atoms with Crippen LogP contribution in [0.2, 0.25) is 0 Å². The van der Waals surface area contributed by atoms with Crippen LogP contribution in [0, 0.1) is 0 Å². The van der Waals surface area contributed by atoms with Crippen LogP contribution < -0.4 is 0 Å². The standard InChI is InChI=1S/C6H5BrO3/c7-4-1-6(10-3-4)5(9)2-8/h1-2,4H,3H2. The first-order valence-electron chi connectivity index (χ1n) is 2.72. The van der Waals surface area contributed by atoms with E-state index in [9.17, 15) is 9.59 Å². The van der Waals surface area contributed by atoms with E-state index in [4.69, 9.17) is 4.74 Å². The van der Waals surface area contributed by atoms with Crippen molar-refractivity contribution in [3.05, 3.63) is 11.8 Å². The highest BCUT2D eigenvalue weighted by Gasteiger charge is 2.19. The van der Waals surface area contributed by atoms with E-state index in [1.54, 1.807) is 6.08 Å². The number of allylic oxidation sites excluding steroid dienone is 1. The first kappa shape index (κ1) is 7.47. The smallest absolute Gasteiger partial charge is 0.259 e. The van der Waals surface area contributed by atoms with Crippen molar-refractivity contribution in [3.8, 4) is 0 Å². The Morgan fingerprint density at radius 1 is 1.90 bits per heavy atom. The minimum absolute atomic E-state index is 0.0615. The van der Waals surface area contributed by atoms with E-state index in [-0.39, 0.29) is 16.9 Å². The summed E-state index contributed by atoms with van der Waals surface area (Å²) in [5.74, 6) is -0.446. The number of carbonyl (C=O) groups excluding carboxylic acids is 2. The van der Waals surface area contributed by atoms with Gasteiger partial charge >= 0.3 is 0 Å². The summed E-state index contributed by atoms with van der Waals surface area (Å²) >= 11 is 3.21. The Bertz CT molecular complexity index is 197. The highest BCUT2D eigenvalue weighted by molar-refractivity contribution is 9.09. The summed E-state index contributed by atoms with van der Waals surface area (Å²) in [6.45, 7) is 0.426. The topological polar surface area (TPSA) is 43.4 Å². The normalized spacial score (nSPS) is 23.3. The monoisotopic (exact) mass is 204 g/mol. The molecule has 0 aromatic heterocycles. The summed E-state index contributed by atoms with van der Waals surface area (Å²) in [7, 11) is 0. The van der Waals surface area contributed by atoms with Gasteiger partial charge in [-0.15, -0.1) is 0 Å². The number of ketones is 1. The van der Waals surface area contributed by atoms with Crippen LogP contribution in [-0.4, -0.2) is 23.5 Å². The summed E-state index contributed by atoms with van der Waals surface area (Å²) in [5.41, 5.74) is 0. The van der Waals surface area contributed by atoms with Crippen LogP contribution in [0.25, 0.3) is 0 Å². The maximum atomic E-state index is 10.6. The van der Waals surface area contributed by atoms with Crippen molar-refractivity contribution in [2.24, 2.45) is 0 Å². The highest BCUT2D eigenvalue weighted by atomic mass is 79.9. The van der Waals surface area contributed by atoms with Crippen LogP contribution in [0.1, 0.15) is 0 Å². The van der Waals surface area contributed by atoms with E-state index in [0.717, 1.165) is 0 Å². The second kappa shape index (κ2) is 2.96. The third-order valence-electron chi connectivity index (χ3n) is 1.08. The average Bonchev–Trinajstić information content (AvgIpc) is 2.34. The molecule has 0 N–H and O–H groups in total. The van der Waals surface area contributed by atoms with Gasteiger partial charge < -0.3 is 4.74 Å². The summed E-state index contributed by atoms with van der Waals surface area (Å²) in [5, 5.41) is 0. The fraction of sp³-hybridized carbons (Fsp3) is 0.333. The number of aldehydes is 1. The summed E-state index contributed by atoms with van der Waals surface area (Å²) < 4.78 is 4.85. The summed E-state index contributed by atoms with van der Waals surface area (Å²) in [6, 6.07) is 0. The van der Waals surface area contributed by atoms with E-state index in [2.05, 4.69) is 15.9 Å². The molecule has 0 amide bonds. The minimum Gasteiger partial charge on any atom is -0.488 e. The van der Waals surface area contributed by atoms with Crippen LogP contribution >= 0.6 is 15.9 Å². The molecule has 1 heterocycles. The van der Waals surface area contributed by atoms with Crippen molar-refractivity contribution in [3.63, 3.8) is 0 Å². The molecule has 1 aliphatic heterocycles. The molecule has 0 radical (unpaired) electrons. The third kappa shape index (κ3) is 1.44. The Labute approximate surface area is 66.2 Å². The van der Waals surface area contributed by atoms with Crippen molar-refractivity contribution < 1.29 is 14.3 Å². The predicted octanol–water partition coefficient (Wildman–Crippen LogP) is 0.432. The van der Waals surface area contributed by atoms with Gasteiger partial charge in [0.2, 0.25) is 0 Å². The van der Waals surface area contributed by atoms with Crippen molar-refractivity contribution in [2.45, 2.75) is 4.83 Å². The molecular formula is C6H5BrO3. The quantitative estimate of drug-likeness (QED) is 0.373. The molecule has 4 heteroatoms. The molecule has 1 aliphatic rings. The van der Waals surface area contributed by atoms with Crippen molar-refractivity contribution >= 4 is 28.0 Å². The fourth-order valence-corrected chi connectivity index (χ4v) is 1.01. The van der Waals surface area contributed by atoms with Gasteiger partial charge in [0.25, 0.3) is 5.78 Å². The van der Waals surface area contributed by atoms with E-state index in [0.29, 0.717) is 6.61 Å². The molecule has 1 atom stereocenters. The Morgan fingerprint density at radius 3 is 3.00 bits per heavy atom. The number of hydrogen-bond acceptors (Lipinski definition) is 3. The van der Waals surface area contributed by atoms with Gasteiger partial charge in [0, 0.05) is 0 Å². The number of ether oxygens (including phenoxy) is 1. The molecule has 10 heavy (non-hydrogen) atoms. The Kier molecular flexibility index (Phi) is 2.21. The van der Waals surface area contributed by atoms with E-state index in [1.807, 2.05) is 0 Å². The summed E-state index contributed by atoms with van der Waals surface area (Å²) in [4.78, 5) is 20.6. The molecule has 0 spiro atoms. The van der Waals surface area contributed by atoms with Gasteiger partial charge in [-0.05, 0) is 6.08 Å². The molecular weight excluding hydrogens is 200 g/mol. The van der Waals surface area contributed by atoms with Crippen LogP contribution in [0.15, 0.2) is 11.8 Å². The van der Waals surface area contributed by atoms with Gasteiger partial charge in [-0.25, -0.2) is 0 Å². The lowest BCUT2D eigenvalue weighted by Gasteiger charge is -1.94. The molecule has 0 saturated carbocycles. The highest BCUT2D eigenvalue weighted by Crippen LogP contribution is 2.16. The second-order valence-corrected chi connectivity index (χ2v) is 3.02. The zero-order chi connectivity index (χ0) is 7.56. The summed E-state index contributed by atoms with van der Waals surface area (Å²) in [6.07, 6.45) is 1.83. The van der Waals surface area contributed by atoms with E-state index < -0.39 is 5.78 Å². The molecule has 0 aromatic carbocycles. The third-order valence-corrected chi connectivity index (χ3v) is 1.61. The van der Waals surface area contributed by atoms with E-state index >= 15 is 0 Å². The van der Waals surface area contributed by atoms with Gasteiger partial charge in [0.05, 0.1) is 4.83 Å². The van der Waals surface area contributed by atoms with Gasteiger partial charge in [0.1, 0.15) is 6.61 Å².